The van der Waals surface area contributed by atoms with E-state index in [9.17, 15) is 4.79 Å². The third-order valence-corrected chi connectivity index (χ3v) is 4.66. The van der Waals surface area contributed by atoms with Crippen molar-refractivity contribution in [2.75, 3.05) is 13.7 Å². The van der Waals surface area contributed by atoms with Crippen LogP contribution in [0, 0.1) is 0 Å². The minimum absolute atomic E-state index is 0. The fraction of sp³-hybridized carbons (Fsp3) is 0.381. The number of ether oxygens (including phenoxy) is 2. The van der Waals surface area contributed by atoms with E-state index >= 15 is 0 Å². The maximum atomic E-state index is 12.3. The fourth-order valence-corrected chi connectivity index (χ4v) is 3.11. The largest absolute Gasteiger partial charge is 0.493 e. The van der Waals surface area contributed by atoms with Gasteiger partial charge in [-0.2, -0.15) is 0 Å². The Morgan fingerprint density at radius 1 is 1.22 bits per heavy atom. The van der Waals surface area contributed by atoms with Crippen molar-refractivity contribution in [3.8, 4) is 11.5 Å². The van der Waals surface area contributed by atoms with Gasteiger partial charge in [0.1, 0.15) is 6.61 Å². The second kappa shape index (κ2) is 10.2. The van der Waals surface area contributed by atoms with E-state index < -0.39 is 0 Å². The van der Waals surface area contributed by atoms with E-state index in [-0.39, 0.29) is 30.4 Å². The summed E-state index contributed by atoms with van der Waals surface area (Å²) >= 11 is 0. The molecule has 2 aromatic rings. The van der Waals surface area contributed by atoms with Crippen molar-refractivity contribution in [1.29, 1.82) is 0 Å². The molecule has 0 bridgehead atoms. The van der Waals surface area contributed by atoms with Crippen molar-refractivity contribution in [3.63, 3.8) is 0 Å². The van der Waals surface area contributed by atoms with Gasteiger partial charge in [0, 0.05) is 0 Å². The fourth-order valence-electron chi connectivity index (χ4n) is 3.11. The van der Waals surface area contributed by atoms with Crippen molar-refractivity contribution >= 4 is 18.3 Å². The van der Waals surface area contributed by atoms with Gasteiger partial charge in [-0.1, -0.05) is 36.4 Å². The lowest BCUT2D eigenvalue weighted by molar-refractivity contribution is -0.123. The van der Waals surface area contributed by atoms with Gasteiger partial charge in [-0.15, -0.1) is 12.4 Å². The Balaban J connectivity index is 0.00000261. The van der Waals surface area contributed by atoms with Gasteiger partial charge in [0.05, 0.1) is 19.2 Å². The van der Waals surface area contributed by atoms with Crippen molar-refractivity contribution in [2.24, 2.45) is 0 Å². The number of carbonyl (C=O) groups excluding carboxylic acids is 1. The quantitative estimate of drug-likeness (QED) is 0.758. The Morgan fingerprint density at radius 3 is 2.67 bits per heavy atom. The van der Waals surface area contributed by atoms with Crippen molar-refractivity contribution in [1.82, 2.24) is 10.6 Å². The average molecular weight is 391 g/mol. The summed E-state index contributed by atoms with van der Waals surface area (Å²) in [5, 5.41) is 6.29. The summed E-state index contributed by atoms with van der Waals surface area (Å²) in [5.74, 6) is 1.41. The Hall–Kier alpha value is -2.24. The molecule has 1 aliphatic rings. The standard InChI is InChI=1S/C21H26N2O3.ClH/c1-15(23-21(24)18-9-6-12-22-18)17-10-11-19(20(13-17)25-2)26-14-16-7-4-3-5-8-16;/h3-5,7-8,10-11,13,15,18,22H,6,9,12,14H2,1-2H3,(H,23,24);1H. The molecule has 0 spiro atoms. The number of benzene rings is 2. The van der Waals surface area contributed by atoms with E-state index in [0.29, 0.717) is 18.1 Å². The molecular formula is C21H27ClN2O3. The van der Waals surface area contributed by atoms with Gasteiger partial charge < -0.3 is 20.1 Å². The molecule has 6 heteroatoms. The molecule has 2 unspecified atom stereocenters. The molecule has 2 N–H and O–H groups in total. The topological polar surface area (TPSA) is 59.6 Å². The van der Waals surface area contributed by atoms with E-state index in [1.54, 1.807) is 7.11 Å². The van der Waals surface area contributed by atoms with Gasteiger partial charge in [0.2, 0.25) is 5.91 Å². The maximum absolute atomic E-state index is 12.3. The highest BCUT2D eigenvalue weighted by Crippen LogP contribution is 2.31. The molecule has 1 saturated heterocycles. The van der Waals surface area contributed by atoms with Crippen molar-refractivity contribution in [2.45, 2.75) is 38.5 Å². The zero-order valence-corrected chi connectivity index (χ0v) is 16.6. The number of halogens is 1. The highest BCUT2D eigenvalue weighted by Gasteiger charge is 2.23. The zero-order valence-electron chi connectivity index (χ0n) is 15.7. The summed E-state index contributed by atoms with van der Waals surface area (Å²) in [6, 6.07) is 15.6. The van der Waals surface area contributed by atoms with Crippen molar-refractivity contribution < 1.29 is 14.3 Å². The third kappa shape index (κ3) is 5.62. The first-order valence-electron chi connectivity index (χ1n) is 9.06. The Kier molecular flexibility index (Phi) is 7.95. The van der Waals surface area contributed by atoms with Crippen LogP contribution in [-0.4, -0.2) is 25.6 Å². The van der Waals surface area contributed by atoms with E-state index in [0.717, 1.165) is 30.5 Å². The Labute approximate surface area is 166 Å². The van der Waals surface area contributed by atoms with Gasteiger partial charge in [0.15, 0.2) is 11.5 Å². The van der Waals surface area contributed by atoms with Gasteiger partial charge in [-0.25, -0.2) is 0 Å². The minimum atomic E-state index is -0.0954. The molecule has 3 rings (SSSR count). The van der Waals surface area contributed by atoms with Gasteiger partial charge >= 0.3 is 0 Å². The Morgan fingerprint density at radius 2 is 2.00 bits per heavy atom. The van der Waals surface area contributed by atoms with E-state index in [1.165, 1.54) is 0 Å². The predicted molar refractivity (Wildman–Crippen MR) is 109 cm³/mol. The normalized spacial score (nSPS) is 16.9. The van der Waals surface area contributed by atoms with Crippen LogP contribution in [0.25, 0.3) is 0 Å². The SMILES string of the molecule is COc1cc(C(C)NC(=O)C2CCCN2)ccc1OCc1ccccc1.Cl. The van der Waals surface area contributed by atoms with Crippen LogP contribution in [0.1, 0.15) is 36.9 Å². The number of hydrogen-bond donors (Lipinski definition) is 2. The predicted octanol–water partition coefficient (Wildman–Crippen LogP) is 3.63. The lowest BCUT2D eigenvalue weighted by atomic mass is 10.1. The summed E-state index contributed by atoms with van der Waals surface area (Å²) in [7, 11) is 1.63. The molecule has 27 heavy (non-hydrogen) atoms. The third-order valence-electron chi connectivity index (χ3n) is 4.66. The van der Waals surface area contributed by atoms with Crippen molar-refractivity contribution in [3.05, 3.63) is 59.7 Å². The first-order chi connectivity index (χ1) is 12.7. The lowest BCUT2D eigenvalue weighted by Gasteiger charge is -2.19. The summed E-state index contributed by atoms with van der Waals surface area (Å²) in [4.78, 5) is 12.3. The summed E-state index contributed by atoms with van der Waals surface area (Å²) in [5.41, 5.74) is 2.09. The number of hydrogen-bond acceptors (Lipinski definition) is 4. The first kappa shape index (κ1) is 21.1. The van der Waals surface area contributed by atoms with Crippen LogP contribution < -0.4 is 20.1 Å². The van der Waals surface area contributed by atoms with E-state index in [1.807, 2.05) is 55.5 Å². The molecule has 146 valence electrons. The van der Waals surface area contributed by atoms with E-state index in [2.05, 4.69) is 10.6 Å². The number of rotatable bonds is 7. The first-order valence-corrected chi connectivity index (χ1v) is 9.06. The number of methoxy groups -OCH3 is 1. The van der Waals surface area contributed by atoms with Gasteiger partial charge in [-0.3, -0.25) is 4.79 Å². The highest BCUT2D eigenvalue weighted by atomic mass is 35.5. The van der Waals surface area contributed by atoms with Crippen LogP contribution in [-0.2, 0) is 11.4 Å². The van der Waals surface area contributed by atoms with Gasteiger partial charge in [0.25, 0.3) is 0 Å². The van der Waals surface area contributed by atoms with Crippen LogP contribution in [0.5, 0.6) is 11.5 Å². The van der Waals surface area contributed by atoms with Crippen LogP contribution >= 0.6 is 12.4 Å². The Bertz CT molecular complexity index is 733. The smallest absolute Gasteiger partial charge is 0.237 e. The number of carbonyl (C=O) groups is 1. The van der Waals surface area contributed by atoms with Crippen LogP contribution in [0.2, 0.25) is 0 Å². The minimum Gasteiger partial charge on any atom is -0.493 e. The van der Waals surface area contributed by atoms with Gasteiger partial charge in [-0.05, 0) is 49.6 Å². The average Bonchev–Trinajstić information content (AvgIpc) is 3.22. The molecule has 2 aromatic carbocycles. The summed E-state index contributed by atoms with van der Waals surface area (Å²) in [6.07, 6.45) is 1.95. The molecule has 1 fully saturated rings. The molecule has 2 atom stereocenters. The molecule has 1 aliphatic heterocycles. The lowest BCUT2D eigenvalue weighted by Crippen LogP contribution is -2.41. The molecule has 5 nitrogen and oxygen atoms in total. The highest BCUT2D eigenvalue weighted by molar-refractivity contribution is 5.85. The molecule has 1 heterocycles. The molecule has 0 aromatic heterocycles. The summed E-state index contributed by atoms with van der Waals surface area (Å²) < 4.78 is 11.4. The molecule has 1 amide bonds. The molecular weight excluding hydrogens is 364 g/mol. The van der Waals surface area contributed by atoms with Crippen LogP contribution in [0.3, 0.4) is 0 Å². The second-order valence-corrected chi connectivity index (χ2v) is 6.56. The second-order valence-electron chi connectivity index (χ2n) is 6.56. The summed E-state index contributed by atoms with van der Waals surface area (Å²) in [6.45, 7) is 3.37. The molecule has 0 saturated carbocycles. The van der Waals surface area contributed by atoms with E-state index in [4.69, 9.17) is 9.47 Å². The molecule has 0 aliphatic carbocycles. The maximum Gasteiger partial charge on any atom is 0.237 e. The van der Waals surface area contributed by atoms with Crippen LogP contribution in [0.4, 0.5) is 0 Å². The monoisotopic (exact) mass is 390 g/mol. The number of amides is 1. The zero-order chi connectivity index (χ0) is 18.4. The van der Waals surface area contributed by atoms with Crippen LogP contribution in [0.15, 0.2) is 48.5 Å². The number of nitrogens with one attached hydrogen (secondary N) is 2. The molecule has 0 radical (unpaired) electrons.